The summed E-state index contributed by atoms with van der Waals surface area (Å²) in [7, 11) is 3.63. The van der Waals surface area contributed by atoms with E-state index in [0.29, 0.717) is 64.1 Å². The maximum absolute atomic E-state index is 14.7. The fourth-order valence-electron chi connectivity index (χ4n) is 10.3. The Labute approximate surface area is 384 Å². The maximum Gasteiger partial charge on any atom is 0.324 e. The summed E-state index contributed by atoms with van der Waals surface area (Å²) in [5, 5.41) is 20.6. The highest BCUT2D eigenvalue weighted by molar-refractivity contribution is 5.96. The van der Waals surface area contributed by atoms with Crippen molar-refractivity contribution in [2.75, 3.05) is 53.5 Å². The first kappa shape index (κ1) is 47.5. The lowest BCUT2D eigenvalue weighted by Crippen LogP contribution is -2.62. The van der Waals surface area contributed by atoms with Gasteiger partial charge in [-0.25, -0.2) is 5.43 Å². The van der Waals surface area contributed by atoms with Crippen molar-refractivity contribution in [3.8, 4) is 16.9 Å². The molecule has 5 heterocycles. The lowest BCUT2D eigenvalue weighted by molar-refractivity contribution is -0.155. The largest absolute Gasteiger partial charge is 0.508 e. The molecule has 1 aromatic heterocycles. The molecule has 2 fully saturated rings. The van der Waals surface area contributed by atoms with Crippen LogP contribution in [0.15, 0.2) is 66.9 Å². The average Bonchev–Trinajstić information content (AvgIpc) is 3.88. The third-order valence-corrected chi connectivity index (χ3v) is 13.5. The number of nitrogens with zero attached hydrogens (tertiary/aromatic N) is 4. The van der Waals surface area contributed by atoms with E-state index in [4.69, 9.17) is 9.47 Å². The molecule has 0 radical (unpaired) electrons. The topological polar surface area (TPSA) is 158 Å². The Balaban J connectivity index is 1.30. The number of hydrazine groups is 1. The number of hydrogen-bond acceptors (Lipinski definition) is 10. The molecule has 350 valence electrons. The molecule has 14 nitrogen and oxygen atoms in total. The number of fused-ring (bicyclic) bond motifs is 6. The number of likely N-dealkylation sites (tertiary alicyclic amines) is 1. The van der Waals surface area contributed by atoms with Crippen LogP contribution in [0.25, 0.3) is 27.6 Å². The molecular formula is C51H69N7O7. The molecule has 14 heteroatoms. The number of phenolic OH excluding ortho intramolecular Hbond substituents is 1. The van der Waals surface area contributed by atoms with Crippen LogP contribution in [0.2, 0.25) is 0 Å². The Morgan fingerprint density at radius 3 is 2.62 bits per heavy atom. The number of likely N-dealkylation sites (N-methyl/N-ethyl adjacent to an activating group) is 1. The number of amides is 3. The highest BCUT2D eigenvalue weighted by Gasteiger charge is 2.38. The van der Waals surface area contributed by atoms with E-state index in [1.165, 1.54) is 11.1 Å². The number of nitrogens with one attached hydrogen (secondary N) is 3. The number of methoxy groups -OCH3 is 1. The van der Waals surface area contributed by atoms with Gasteiger partial charge in [-0.2, -0.15) is 0 Å². The van der Waals surface area contributed by atoms with Crippen molar-refractivity contribution >= 4 is 40.2 Å². The maximum atomic E-state index is 14.7. The molecule has 65 heavy (non-hydrogen) atoms. The normalized spacial score (nSPS) is 22.5. The van der Waals surface area contributed by atoms with Crippen LogP contribution in [-0.2, 0) is 48.0 Å². The molecule has 2 aromatic carbocycles. The molecule has 0 spiro atoms. The minimum atomic E-state index is -1.04. The van der Waals surface area contributed by atoms with Crippen LogP contribution in [0.3, 0.4) is 0 Å². The van der Waals surface area contributed by atoms with Gasteiger partial charge in [0.2, 0.25) is 11.8 Å². The molecule has 7 rings (SSSR count). The number of benzene rings is 2. The van der Waals surface area contributed by atoms with Crippen molar-refractivity contribution in [2.24, 2.45) is 17.3 Å². The Morgan fingerprint density at radius 1 is 1.11 bits per heavy atom. The molecule has 0 saturated carbocycles. The summed E-state index contributed by atoms with van der Waals surface area (Å²) in [6.07, 6.45) is 7.99. The van der Waals surface area contributed by atoms with E-state index >= 15 is 0 Å². The number of dihydropyridines is 1. The summed E-state index contributed by atoms with van der Waals surface area (Å²) >= 11 is 0. The van der Waals surface area contributed by atoms with Crippen LogP contribution < -0.4 is 16.1 Å². The number of carbonyl (C=O) groups excluding carboxylic acids is 4. The fourth-order valence-corrected chi connectivity index (χ4v) is 10.3. The summed E-state index contributed by atoms with van der Waals surface area (Å²) < 4.78 is 14.3. The predicted molar refractivity (Wildman–Crippen MR) is 253 cm³/mol. The van der Waals surface area contributed by atoms with Crippen molar-refractivity contribution < 1.29 is 33.8 Å². The van der Waals surface area contributed by atoms with Crippen LogP contribution >= 0.6 is 0 Å². The van der Waals surface area contributed by atoms with Gasteiger partial charge in [-0.05, 0) is 111 Å². The van der Waals surface area contributed by atoms with Crippen LogP contribution in [0.5, 0.6) is 5.75 Å². The predicted octanol–water partition coefficient (Wildman–Crippen LogP) is 5.58. The molecule has 5 atom stereocenters. The smallest absolute Gasteiger partial charge is 0.324 e. The van der Waals surface area contributed by atoms with E-state index in [2.05, 4.69) is 78.3 Å². The lowest BCUT2D eigenvalue weighted by atomic mass is 9.83. The summed E-state index contributed by atoms with van der Waals surface area (Å²) in [4.78, 5) is 59.3. The van der Waals surface area contributed by atoms with E-state index in [1.807, 2.05) is 38.8 Å². The van der Waals surface area contributed by atoms with Crippen molar-refractivity contribution in [3.05, 3.63) is 83.7 Å². The van der Waals surface area contributed by atoms with Gasteiger partial charge in [-0.1, -0.05) is 58.6 Å². The summed E-state index contributed by atoms with van der Waals surface area (Å²) in [6, 6.07) is 9.36. The Kier molecular flexibility index (Phi) is 14.6. The lowest BCUT2D eigenvalue weighted by Gasteiger charge is -2.37. The van der Waals surface area contributed by atoms with Crippen LogP contribution in [0.1, 0.15) is 77.6 Å². The standard InChI is InChI=1S/C51H69N7O7/c1-10-44(60)56-21-18-33(29-56)28-55(8)46(31(3)4)48(61)53-42-24-34-22-36(25-37(59)23-34)35-16-17-43-39(26-35)40(47(57(43)11-2)38-14-12-19-52-45(38)32(5)64-9)27-51(6,7)30-65-50(63)41-15-13-20-58(54-41)49(42)62/h10,12,14,16-17,22-23,25-26,31-33,41-42,46,52,54,59H,1,11,13,15,18-21,24,27-30H2,2-9H3,(H,53,61)/t32-,33+,41-,42-,46-/m0/s1. The van der Waals surface area contributed by atoms with Gasteiger partial charge < -0.3 is 34.7 Å². The van der Waals surface area contributed by atoms with E-state index in [0.717, 1.165) is 51.0 Å². The zero-order valence-electron chi connectivity index (χ0n) is 39.5. The molecule has 0 unspecified atom stereocenters. The molecule has 6 bridgehead atoms. The average molecular weight is 892 g/mol. The van der Waals surface area contributed by atoms with Gasteiger partial charge >= 0.3 is 5.97 Å². The van der Waals surface area contributed by atoms with Gasteiger partial charge in [0.15, 0.2) is 0 Å². The Bertz CT molecular complexity index is 2360. The zero-order chi connectivity index (χ0) is 46.7. The highest BCUT2D eigenvalue weighted by atomic mass is 16.5. The van der Waals surface area contributed by atoms with Gasteiger partial charge in [-0.15, -0.1) is 0 Å². The summed E-state index contributed by atoms with van der Waals surface area (Å²) in [5.74, 6) is -1.10. The summed E-state index contributed by atoms with van der Waals surface area (Å²) in [6.45, 7) is 19.7. The van der Waals surface area contributed by atoms with Crippen LogP contribution in [0.4, 0.5) is 0 Å². The number of rotatable bonds is 11. The molecule has 0 aliphatic carbocycles. The first-order valence-corrected chi connectivity index (χ1v) is 23.3. The number of aromatic hydroxyl groups is 1. The number of phenols is 1. The van der Waals surface area contributed by atoms with Gasteiger partial charge in [-0.3, -0.25) is 29.1 Å². The molecule has 3 aromatic rings. The molecule has 2 saturated heterocycles. The third-order valence-electron chi connectivity index (χ3n) is 13.5. The zero-order valence-corrected chi connectivity index (χ0v) is 39.5. The van der Waals surface area contributed by atoms with Crippen LogP contribution in [-0.4, -0.2) is 126 Å². The Morgan fingerprint density at radius 2 is 1.89 bits per heavy atom. The molecular weight excluding hydrogens is 823 g/mol. The third kappa shape index (κ3) is 10.3. The number of cyclic esters (lactones) is 1. The van der Waals surface area contributed by atoms with Gasteiger partial charge in [0.25, 0.3) is 5.91 Å². The first-order valence-electron chi connectivity index (χ1n) is 23.3. The van der Waals surface area contributed by atoms with Crippen molar-refractivity contribution in [1.82, 2.24) is 35.4 Å². The second-order valence-corrected chi connectivity index (χ2v) is 19.5. The van der Waals surface area contributed by atoms with Crippen molar-refractivity contribution in [1.29, 1.82) is 0 Å². The highest BCUT2D eigenvalue weighted by Crippen LogP contribution is 2.41. The van der Waals surface area contributed by atoms with Gasteiger partial charge in [0, 0.05) is 80.4 Å². The minimum Gasteiger partial charge on any atom is -0.508 e. The second-order valence-electron chi connectivity index (χ2n) is 19.5. The number of hydrogen-bond donors (Lipinski definition) is 4. The number of esters is 1. The minimum absolute atomic E-state index is 0.0405. The van der Waals surface area contributed by atoms with Gasteiger partial charge in [0.05, 0.1) is 24.4 Å². The fraction of sp³-hybridized carbons (Fsp3) is 0.529. The van der Waals surface area contributed by atoms with Gasteiger partial charge in [0.1, 0.15) is 17.8 Å². The van der Waals surface area contributed by atoms with Crippen LogP contribution in [0, 0.1) is 17.3 Å². The Hall–Kier alpha value is -5.44. The van der Waals surface area contributed by atoms with E-state index in [-0.39, 0.29) is 54.4 Å². The van der Waals surface area contributed by atoms with Crippen molar-refractivity contribution in [2.45, 2.75) is 104 Å². The number of allylic oxidation sites excluding steroid dienone is 2. The quantitative estimate of drug-likeness (QED) is 0.142. The number of ether oxygens (including phenoxy) is 2. The molecule has 4 aliphatic rings. The summed E-state index contributed by atoms with van der Waals surface area (Å²) in [5.41, 5.74) is 10.3. The molecule has 4 aliphatic heterocycles. The van der Waals surface area contributed by atoms with Crippen molar-refractivity contribution in [3.63, 3.8) is 0 Å². The second kappa shape index (κ2) is 20.0. The molecule has 3 amide bonds. The number of aryl methyl sites for hydroxylation is 1. The first-order chi connectivity index (χ1) is 31.0. The monoisotopic (exact) mass is 892 g/mol. The van der Waals surface area contributed by atoms with E-state index < -0.39 is 29.5 Å². The van der Waals surface area contributed by atoms with E-state index in [1.54, 1.807) is 24.1 Å². The number of aromatic nitrogens is 1. The van der Waals surface area contributed by atoms with E-state index in [9.17, 15) is 24.3 Å². The molecule has 4 N–H and O–H groups in total. The SMILES string of the molecule is C=CC(=O)N1CC[C@H](CN(C)[C@H](C(=O)N[C@H]2Cc3cc(O)cc(c3)-c3ccc4c(c3)c(c(C3=C([C@H](C)OC)NCC=C3)n4CC)CC(C)(C)COC(=O)[C@@H]3CCCN(N3)C2=O)C(C)C)C1. The number of carbonyl (C=O) groups is 4.